The number of benzene rings is 2. The summed E-state index contributed by atoms with van der Waals surface area (Å²) >= 11 is 0. The van der Waals surface area contributed by atoms with E-state index in [-0.39, 0.29) is 11.2 Å². The first-order valence-electron chi connectivity index (χ1n) is 7.20. The fourth-order valence-electron chi connectivity index (χ4n) is 2.55. The van der Waals surface area contributed by atoms with E-state index in [2.05, 4.69) is 4.98 Å². The second-order valence-electron chi connectivity index (χ2n) is 4.96. The lowest BCUT2D eigenvalue weighted by Gasteiger charge is -2.12. The van der Waals surface area contributed by atoms with Gasteiger partial charge >= 0.3 is 5.69 Å². The van der Waals surface area contributed by atoms with Crippen LogP contribution in [0.25, 0.3) is 22.4 Å². The zero-order chi connectivity index (χ0) is 15.5. The van der Waals surface area contributed by atoms with Crippen LogP contribution in [-0.2, 0) is 6.54 Å². The maximum atomic E-state index is 12.8. The van der Waals surface area contributed by atoms with E-state index in [0.717, 1.165) is 11.1 Å². The highest BCUT2D eigenvalue weighted by molar-refractivity contribution is 5.79. The third-order valence-electron chi connectivity index (χ3n) is 3.63. The summed E-state index contributed by atoms with van der Waals surface area (Å²) in [4.78, 5) is 27.8. The second-order valence-corrected chi connectivity index (χ2v) is 4.96. The largest absolute Gasteiger partial charge is 0.328 e. The Hall–Kier alpha value is -2.88. The summed E-state index contributed by atoms with van der Waals surface area (Å²) in [5.41, 5.74) is 2.05. The Bertz CT molecular complexity index is 894. The monoisotopic (exact) mass is 292 g/mol. The fraction of sp³-hybridized carbons (Fsp3) is 0.111. The van der Waals surface area contributed by atoms with Gasteiger partial charge in [-0.1, -0.05) is 60.7 Å². The van der Waals surface area contributed by atoms with Crippen molar-refractivity contribution in [2.24, 2.45) is 0 Å². The topological polar surface area (TPSA) is 54.9 Å². The van der Waals surface area contributed by atoms with Gasteiger partial charge in [-0.15, -0.1) is 0 Å². The van der Waals surface area contributed by atoms with Crippen LogP contribution in [0.3, 0.4) is 0 Å². The molecule has 3 aromatic rings. The summed E-state index contributed by atoms with van der Waals surface area (Å²) in [5, 5.41) is 0. The SMILES string of the molecule is CCn1c(=O)[nH]c(-c2ccccc2)c(-c2ccccc2)c1=O. The van der Waals surface area contributed by atoms with Crippen molar-refractivity contribution in [3.8, 4) is 22.4 Å². The number of nitrogens with zero attached hydrogens (tertiary/aromatic N) is 1. The summed E-state index contributed by atoms with van der Waals surface area (Å²) in [6, 6.07) is 18.8. The molecule has 0 spiro atoms. The molecular weight excluding hydrogens is 276 g/mol. The molecule has 0 atom stereocenters. The van der Waals surface area contributed by atoms with Gasteiger partial charge in [-0.05, 0) is 18.1 Å². The summed E-state index contributed by atoms with van der Waals surface area (Å²) in [6.07, 6.45) is 0. The number of aromatic amines is 1. The van der Waals surface area contributed by atoms with Gasteiger partial charge in [0.1, 0.15) is 0 Å². The predicted octanol–water partition coefficient (Wildman–Crippen LogP) is 2.89. The van der Waals surface area contributed by atoms with Crippen molar-refractivity contribution in [1.29, 1.82) is 0 Å². The lowest BCUT2D eigenvalue weighted by Crippen LogP contribution is -2.36. The standard InChI is InChI=1S/C18H16N2O2/c1-2-20-17(21)15(13-9-5-3-6-10-13)16(19-18(20)22)14-11-7-4-8-12-14/h3-12H,2H2,1H3,(H,19,22). The van der Waals surface area contributed by atoms with Gasteiger partial charge in [0.05, 0.1) is 11.3 Å². The molecule has 22 heavy (non-hydrogen) atoms. The smallest absolute Gasteiger partial charge is 0.306 e. The van der Waals surface area contributed by atoms with Crippen molar-refractivity contribution in [3.63, 3.8) is 0 Å². The van der Waals surface area contributed by atoms with Gasteiger partial charge in [0.15, 0.2) is 0 Å². The molecule has 0 radical (unpaired) electrons. The molecule has 3 rings (SSSR count). The normalized spacial score (nSPS) is 10.6. The van der Waals surface area contributed by atoms with E-state index in [1.807, 2.05) is 60.7 Å². The third-order valence-corrected chi connectivity index (χ3v) is 3.63. The van der Waals surface area contributed by atoms with E-state index in [9.17, 15) is 9.59 Å². The van der Waals surface area contributed by atoms with Crippen molar-refractivity contribution in [2.45, 2.75) is 13.5 Å². The van der Waals surface area contributed by atoms with Gasteiger partial charge in [0.2, 0.25) is 0 Å². The Kier molecular flexibility index (Phi) is 3.74. The lowest BCUT2D eigenvalue weighted by atomic mass is 10.0. The molecule has 1 aromatic heterocycles. The summed E-state index contributed by atoms with van der Waals surface area (Å²) < 4.78 is 1.22. The Balaban J connectivity index is 2.40. The lowest BCUT2D eigenvalue weighted by molar-refractivity contribution is 0.676. The average molecular weight is 292 g/mol. The average Bonchev–Trinajstić information content (AvgIpc) is 2.56. The minimum Gasteiger partial charge on any atom is -0.306 e. The first-order chi connectivity index (χ1) is 10.7. The molecule has 0 saturated heterocycles. The van der Waals surface area contributed by atoms with Crippen molar-refractivity contribution < 1.29 is 0 Å². The van der Waals surface area contributed by atoms with Crippen molar-refractivity contribution in [3.05, 3.63) is 81.5 Å². The number of H-pyrrole nitrogens is 1. The Morgan fingerprint density at radius 2 is 1.41 bits per heavy atom. The van der Waals surface area contributed by atoms with Gasteiger partial charge < -0.3 is 4.98 Å². The van der Waals surface area contributed by atoms with Crippen LogP contribution >= 0.6 is 0 Å². The molecule has 0 aliphatic rings. The molecule has 0 bridgehead atoms. The third kappa shape index (κ3) is 2.39. The number of rotatable bonds is 3. The number of hydrogen-bond donors (Lipinski definition) is 1. The Labute approximate surface area is 127 Å². The zero-order valence-electron chi connectivity index (χ0n) is 12.2. The number of aromatic nitrogens is 2. The predicted molar refractivity (Wildman–Crippen MR) is 87.9 cm³/mol. The van der Waals surface area contributed by atoms with E-state index < -0.39 is 0 Å². The highest BCUT2D eigenvalue weighted by atomic mass is 16.2. The zero-order valence-corrected chi connectivity index (χ0v) is 12.2. The minimum absolute atomic E-state index is 0.267. The maximum absolute atomic E-state index is 12.8. The number of hydrogen-bond acceptors (Lipinski definition) is 2. The van der Waals surface area contributed by atoms with Crippen LogP contribution in [0.15, 0.2) is 70.3 Å². The molecule has 4 nitrogen and oxygen atoms in total. The summed E-state index contributed by atoms with van der Waals surface area (Å²) in [5.74, 6) is 0. The molecule has 0 fully saturated rings. The highest BCUT2D eigenvalue weighted by Crippen LogP contribution is 2.26. The van der Waals surface area contributed by atoms with Gasteiger partial charge in [0, 0.05) is 6.54 Å². The maximum Gasteiger partial charge on any atom is 0.328 e. The first-order valence-corrected chi connectivity index (χ1v) is 7.20. The molecule has 2 aromatic carbocycles. The molecule has 1 N–H and O–H groups in total. The van der Waals surface area contributed by atoms with E-state index in [0.29, 0.717) is 17.8 Å². The molecule has 0 amide bonds. The van der Waals surface area contributed by atoms with Gasteiger partial charge in [-0.25, -0.2) is 4.79 Å². The van der Waals surface area contributed by atoms with E-state index >= 15 is 0 Å². The second kappa shape index (κ2) is 5.85. The molecule has 110 valence electrons. The van der Waals surface area contributed by atoms with E-state index in [1.54, 1.807) is 6.92 Å². The molecule has 0 aliphatic heterocycles. The fourth-order valence-corrected chi connectivity index (χ4v) is 2.55. The molecule has 0 aliphatic carbocycles. The first kappa shape index (κ1) is 14.1. The Morgan fingerprint density at radius 3 is 1.95 bits per heavy atom. The summed E-state index contributed by atoms with van der Waals surface area (Å²) in [7, 11) is 0. The van der Waals surface area contributed by atoms with E-state index in [1.165, 1.54) is 4.57 Å². The number of nitrogens with one attached hydrogen (secondary N) is 1. The van der Waals surface area contributed by atoms with Crippen LogP contribution in [0.2, 0.25) is 0 Å². The molecular formula is C18H16N2O2. The highest BCUT2D eigenvalue weighted by Gasteiger charge is 2.16. The Morgan fingerprint density at radius 1 is 0.864 bits per heavy atom. The molecule has 0 unspecified atom stereocenters. The van der Waals surface area contributed by atoms with Crippen LogP contribution in [0.5, 0.6) is 0 Å². The van der Waals surface area contributed by atoms with Crippen LogP contribution in [0, 0.1) is 0 Å². The van der Waals surface area contributed by atoms with Crippen LogP contribution in [0.1, 0.15) is 6.92 Å². The van der Waals surface area contributed by atoms with Crippen molar-refractivity contribution in [2.75, 3.05) is 0 Å². The van der Waals surface area contributed by atoms with Gasteiger partial charge in [0.25, 0.3) is 5.56 Å². The minimum atomic E-state index is -0.383. The molecule has 0 saturated carbocycles. The van der Waals surface area contributed by atoms with E-state index in [4.69, 9.17) is 0 Å². The van der Waals surface area contributed by atoms with Crippen molar-refractivity contribution in [1.82, 2.24) is 9.55 Å². The molecule has 4 heteroatoms. The molecule has 1 heterocycles. The summed E-state index contributed by atoms with van der Waals surface area (Å²) in [6.45, 7) is 2.12. The quantitative estimate of drug-likeness (QED) is 0.807. The van der Waals surface area contributed by atoms with Crippen LogP contribution in [0.4, 0.5) is 0 Å². The van der Waals surface area contributed by atoms with Gasteiger partial charge in [-0.3, -0.25) is 9.36 Å². The van der Waals surface area contributed by atoms with Crippen molar-refractivity contribution >= 4 is 0 Å². The van der Waals surface area contributed by atoms with Gasteiger partial charge in [-0.2, -0.15) is 0 Å². The van der Waals surface area contributed by atoms with Crippen LogP contribution < -0.4 is 11.2 Å². The van der Waals surface area contributed by atoms with Crippen LogP contribution in [-0.4, -0.2) is 9.55 Å².